The van der Waals surface area contributed by atoms with Crippen LogP contribution in [0.2, 0.25) is 5.28 Å². The van der Waals surface area contributed by atoms with E-state index in [1.54, 1.807) is 0 Å². The molecule has 1 aliphatic carbocycles. The summed E-state index contributed by atoms with van der Waals surface area (Å²) in [5, 5.41) is 8.69. The molecule has 17 heavy (non-hydrogen) atoms. The second kappa shape index (κ2) is 4.15. The molecule has 1 aliphatic rings. The molecule has 88 valence electrons. The third kappa shape index (κ3) is 1.95. The third-order valence-electron chi connectivity index (χ3n) is 3.40. The van der Waals surface area contributed by atoms with Gasteiger partial charge in [0.25, 0.3) is 0 Å². The molecule has 1 aromatic carbocycles. The second-order valence-corrected chi connectivity index (χ2v) is 4.94. The number of aromatic nitrogens is 3. The smallest absolute Gasteiger partial charge is 0.225 e. The van der Waals surface area contributed by atoms with Crippen molar-refractivity contribution in [1.29, 1.82) is 0 Å². The lowest BCUT2D eigenvalue weighted by molar-refractivity contribution is 0.489. The van der Waals surface area contributed by atoms with Gasteiger partial charge in [0.1, 0.15) is 0 Å². The molecule has 1 atom stereocenters. The molecule has 0 spiro atoms. The predicted molar refractivity (Wildman–Crippen MR) is 67.9 cm³/mol. The molecule has 1 heterocycles. The lowest BCUT2D eigenvalue weighted by Crippen LogP contribution is -2.09. The van der Waals surface area contributed by atoms with E-state index in [9.17, 15) is 0 Å². The van der Waals surface area contributed by atoms with Gasteiger partial charge >= 0.3 is 0 Å². The summed E-state index contributed by atoms with van der Waals surface area (Å²) in [4.78, 5) is 0. The Labute approximate surface area is 105 Å². The fourth-order valence-electron chi connectivity index (χ4n) is 2.21. The van der Waals surface area contributed by atoms with Crippen LogP contribution in [0.4, 0.5) is 0 Å². The van der Waals surface area contributed by atoms with Crippen LogP contribution in [-0.2, 0) is 0 Å². The molecule has 3 nitrogen and oxygen atoms in total. The summed E-state index contributed by atoms with van der Waals surface area (Å²) in [6, 6.07) is 10.5. The average molecular weight is 248 g/mol. The first-order valence-corrected chi connectivity index (χ1v) is 6.31. The quantitative estimate of drug-likeness (QED) is 0.830. The maximum absolute atomic E-state index is 6.15. The van der Waals surface area contributed by atoms with E-state index in [0.29, 0.717) is 11.3 Å². The highest BCUT2D eigenvalue weighted by atomic mass is 35.5. The van der Waals surface area contributed by atoms with E-state index >= 15 is 0 Å². The Hall–Kier alpha value is -1.35. The van der Waals surface area contributed by atoms with E-state index in [1.807, 2.05) is 30.3 Å². The van der Waals surface area contributed by atoms with Crippen molar-refractivity contribution in [3.05, 3.63) is 35.6 Å². The summed E-state index contributed by atoms with van der Waals surface area (Å²) in [7, 11) is 0. The van der Waals surface area contributed by atoms with Gasteiger partial charge in [-0.2, -0.15) is 0 Å². The fraction of sp³-hybridized carbons (Fsp3) is 0.385. The van der Waals surface area contributed by atoms with Gasteiger partial charge in [-0.3, -0.25) is 4.57 Å². The molecule has 1 aromatic heterocycles. The SMILES string of the molecule is CC(C1CC1)n1c(Cl)nnc1-c1ccccc1. The van der Waals surface area contributed by atoms with Crippen LogP contribution in [0.25, 0.3) is 11.4 Å². The lowest BCUT2D eigenvalue weighted by atomic mass is 10.1. The van der Waals surface area contributed by atoms with Gasteiger partial charge in [-0.15, -0.1) is 10.2 Å². The predicted octanol–water partition coefficient (Wildman–Crippen LogP) is 3.57. The van der Waals surface area contributed by atoms with Crippen LogP contribution in [0, 0.1) is 5.92 Å². The van der Waals surface area contributed by atoms with Crippen LogP contribution in [-0.4, -0.2) is 14.8 Å². The summed E-state index contributed by atoms with van der Waals surface area (Å²) < 4.78 is 2.05. The molecule has 2 aromatic rings. The molecule has 4 heteroatoms. The first kappa shape index (κ1) is 10.8. The van der Waals surface area contributed by atoms with Gasteiger partial charge in [-0.05, 0) is 37.3 Å². The highest BCUT2D eigenvalue weighted by Crippen LogP contribution is 2.41. The van der Waals surface area contributed by atoms with Crippen molar-refractivity contribution >= 4 is 11.6 Å². The molecular weight excluding hydrogens is 234 g/mol. The summed E-state index contributed by atoms with van der Waals surface area (Å²) in [6.07, 6.45) is 2.56. The molecule has 1 saturated carbocycles. The average Bonchev–Trinajstić information content (AvgIpc) is 3.13. The van der Waals surface area contributed by atoms with E-state index < -0.39 is 0 Å². The molecule has 0 radical (unpaired) electrons. The van der Waals surface area contributed by atoms with Gasteiger partial charge in [0.15, 0.2) is 5.82 Å². The van der Waals surface area contributed by atoms with Crippen molar-refractivity contribution in [3.8, 4) is 11.4 Å². The van der Waals surface area contributed by atoms with Gasteiger partial charge in [0.05, 0.1) is 0 Å². The minimum Gasteiger partial charge on any atom is -0.295 e. The van der Waals surface area contributed by atoms with Crippen LogP contribution < -0.4 is 0 Å². The highest BCUT2D eigenvalue weighted by molar-refractivity contribution is 6.28. The van der Waals surface area contributed by atoms with Crippen LogP contribution in [0.1, 0.15) is 25.8 Å². The first-order valence-electron chi connectivity index (χ1n) is 5.93. The zero-order valence-electron chi connectivity index (χ0n) is 9.68. The monoisotopic (exact) mass is 247 g/mol. The van der Waals surface area contributed by atoms with Crippen LogP contribution in [0.15, 0.2) is 30.3 Å². The first-order chi connectivity index (χ1) is 8.27. The van der Waals surface area contributed by atoms with E-state index in [4.69, 9.17) is 11.6 Å². The number of hydrogen-bond acceptors (Lipinski definition) is 2. The van der Waals surface area contributed by atoms with Crippen molar-refractivity contribution in [1.82, 2.24) is 14.8 Å². The minimum atomic E-state index is 0.382. The number of rotatable bonds is 3. The second-order valence-electron chi connectivity index (χ2n) is 4.61. The number of nitrogens with zero attached hydrogens (tertiary/aromatic N) is 3. The normalized spacial score (nSPS) is 17.1. The van der Waals surface area contributed by atoms with Crippen LogP contribution in [0.3, 0.4) is 0 Å². The number of benzene rings is 1. The molecule has 0 bridgehead atoms. The van der Waals surface area contributed by atoms with E-state index in [2.05, 4.69) is 21.7 Å². The van der Waals surface area contributed by atoms with Gasteiger partial charge in [-0.25, -0.2) is 0 Å². The molecular formula is C13H14ClN3. The van der Waals surface area contributed by atoms with Crippen molar-refractivity contribution in [2.75, 3.05) is 0 Å². The maximum Gasteiger partial charge on any atom is 0.225 e. The molecule has 0 amide bonds. The molecule has 1 unspecified atom stereocenters. The Balaban J connectivity index is 2.05. The Morgan fingerprint density at radius 3 is 2.59 bits per heavy atom. The standard InChI is InChI=1S/C13H14ClN3/c1-9(10-7-8-10)17-12(15-16-13(17)14)11-5-3-2-4-6-11/h2-6,9-10H,7-8H2,1H3. The summed E-state index contributed by atoms with van der Waals surface area (Å²) in [5.74, 6) is 1.60. The van der Waals surface area contributed by atoms with Gasteiger partial charge < -0.3 is 0 Å². The molecule has 0 N–H and O–H groups in total. The van der Waals surface area contributed by atoms with Gasteiger partial charge in [0, 0.05) is 11.6 Å². The Morgan fingerprint density at radius 1 is 1.24 bits per heavy atom. The summed E-state index contributed by atoms with van der Waals surface area (Å²) >= 11 is 6.15. The summed E-state index contributed by atoms with van der Waals surface area (Å²) in [6.45, 7) is 2.19. The largest absolute Gasteiger partial charge is 0.295 e. The molecule has 3 rings (SSSR count). The van der Waals surface area contributed by atoms with E-state index in [0.717, 1.165) is 17.3 Å². The summed E-state index contributed by atoms with van der Waals surface area (Å²) in [5.41, 5.74) is 1.07. The zero-order valence-corrected chi connectivity index (χ0v) is 10.4. The Morgan fingerprint density at radius 2 is 1.94 bits per heavy atom. The van der Waals surface area contributed by atoms with Crippen molar-refractivity contribution in [2.24, 2.45) is 5.92 Å². The number of halogens is 1. The Bertz CT molecular complexity index is 517. The zero-order chi connectivity index (χ0) is 11.8. The third-order valence-corrected chi connectivity index (χ3v) is 3.66. The van der Waals surface area contributed by atoms with Crippen molar-refractivity contribution in [3.63, 3.8) is 0 Å². The molecule has 0 aliphatic heterocycles. The van der Waals surface area contributed by atoms with E-state index in [-0.39, 0.29) is 0 Å². The molecule has 0 saturated heterocycles. The molecule has 1 fully saturated rings. The van der Waals surface area contributed by atoms with Crippen molar-refractivity contribution < 1.29 is 0 Å². The Kier molecular flexibility index (Phi) is 2.63. The van der Waals surface area contributed by atoms with E-state index in [1.165, 1.54) is 12.8 Å². The van der Waals surface area contributed by atoms with Crippen LogP contribution >= 0.6 is 11.6 Å². The fourth-order valence-corrected chi connectivity index (χ4v) is 2.48. The lowest BCUT2D eigenvalue weighted by Gasteiger charge is -2.15. The highest BCUT2D eigenvalue weighted by Gasteiger charge is 2.32. The van der Waals surface area contributed by atoms with Gasteiger partial charge in [-0.1, -0.05) is 30.3 Å². The maximum atomic E-state index is 6.15. The van der Waals surface area contributed by atoms with Crippen LogP contribution in [0.5, 0.6) is 0 Å². The topological polar surface area (TPSA) is 30.7 Å². The van der Waals surface area contributed by atoms with Crippen molar-refractivity contribution in [2.45, 2.75) is 25.8 Å². The number of hydrogen-bond donors (Lipinski definition) is 0. The minimum absolute atomic E-state index is 0.382. The van der Waals surface area contributed by atoms with Gasteiger partial charge in [0.2, 0.25) is 5.28 Å².